The molecule has 3 aromatic heterocycles. The van der Waals surface area contributed by atoms with Crippen LogP contribution < -0.4 is 4.74 Å². The second kappa shape index (κ2) is 10.9. The van der Waals surface area contributed by atoms with Crippen LogP contribution in [0.1, 0.15) is 32.2 Å². The highest BCUT2D eigenvalue weighted by Crippen LogP contribution is 2.36. The first kappa shape index (κ1) is 25.5. The lowest BCUT2D eigenvalue weighted by atomic mass is 10.0. The van der Waals surface area contributed by atoms with Crippen LogP contribution >= 0.6 is 0 Å². The van der Waals surface area contributed by atoms with Crippen molar-refractivity contribution in [1.29, 1.82) is 0 Å². The summed E-state index contributed by atoms with van der Waals surface area (Å²) < 4.78 is 18.9. The van der Waals surface area contributed by atoms with Crippen molar-refractivity contribution in [2.75, 3.05) is 0 Å². The van der Waals surface area contributed by atoms with Crippen molar-refractivity contribution >= 4 is 21.8 Å². The number of benzene rings is 4. The Morgan fingerprint density at radius 1 is 0.791 bits per heavy atom. The third-order valence-corrected chi connectivity index (χ3v) is 7.92. The number of para-hydroxylation sites is 1. The van der Waals surface area contributed by atoms with Crippen molar-refractivity contribution in [3.05, 3.63) is 132 Å². The van der Waals surface area contributed by atoms with E-state index in [2.05, 4.69) is 86.9 Å². The summed E-state index contributed by atoms with van der Waals surface area (Å²) in [7, 11) is 0. The molecule has 0 N–H and O–H groups in total. The molecule has 5 nitrogen and oxygen atoms in total. The number of fused-ring (bicyclic) bond motifs is 3. The first-order valence-electron chi connectivity index (χ1n) is 15.3. The van der Waals surface area contributed by atoms with Crippen LogP contribution in [0, 0.1) is 19.8 Å². The zero-order valence-corrected chi connectivity index (χ0v) is 24.9. The number of hydrogen-bond acceptors (Lipinski definition) is 3. The summed E-state index contributed by atoms with van der Waals surface area (Å²) in [6.45, 7) is 8.62. The molecule has 0 saturated carbocycles. The van der Waals surface area contributed by atoms with Crippen molar-refractivity contribution in [2.45, 2.75) is 34.1 Å². The van der Waals surface area contributed by atoms with E-state index in [1.807, 2.05) is 59.4 Å². The Labute approximate surface area is 253 Å². The average Bonchev–Trinajstić information content (AvgIpc) is 3.49. The maximum atomic E-state index is 8.28. The standard InChI is InChI=1S/C38H34N4O/c1-25(2)21-28-19-20-39-37(22-28)41-35-16-9-8-15-33(35)34-18-17-32(24-36(34)41)43-31-14-10-13-30(23-31)42-27(4)38(26(3)40-42)29-11-6-5-7-12-29/h5-20,22-25H,21H2,1-4H3/i8D. The summed E-state index contributed by atoms with van der Waals surface area (Å²) in [6.07, 6.45) is 2.87. The molecule has 0 aliphatic rings. The molecule has 5 heteroatoms. The van der Waals surface area contributed by atoms with E-state index in [9.17, 15) is 0 Å². The van der Waals surface area contributed by atoms with Crippen LogP contribution in [0.15, 0.2) is 115 Å². The first-order valence-corrected chi connectivity index (χ1v) is 14.8. The van der Waals surface area contributed by atoms with Gasteiger partial charge in [0.15, 0.2) is 0 Å². The van der Waals surface area contributed by atoms with Gasteiger partial charge in [-0.05, 0) is 79.8 Å². The molecule has 0 fully saturated rings. The topological polar surface area (TPSA) is 44.9 Å². The van der Waals surface area contributed by atoms with E-state index in [0.717, 1.165) is 73.7 Å². The number of rotatable bonds is 7. The second-order valence-corrected chi connectivity index (χ2v) is 11.5. The number of aryl methyl sites for hydroxylation is 1. The van der Waals surface area contributed by atoms with Crippen LogP contribution in [0.3, 0.4) is 0 Å². The van der Waals surface area contributed by atoms with Gasteiger partial charge in [0.1, 0.15) is 17.3 Å². The largest absolute Gasteiger partial charge is 0.457 e. The van der Waals surface area contributed by atoms with Crippen molar-refractivity contribution in [2.24, 2.45) is 5.92 Å². The van der Waals surface area contributed by atoms with Crippen LogP contribution in [0.25, 0.3) is 44.4 Å². The van der Waals surface area contributed by atoms with E-state index < -0.39 is 0 Å². The molecular formula is C38H34N4O. The Hall–Kier alpha value is -5.16. The maximum absolute atomic E-state index is 8.28. The van der Waals surface area contributed by atoms with Gasteiger partial charge in [-0.1, -0.05) is 68.4 Å². The van der Waals surface area contributed by atoms with E-state index in [1.165, 1.54) is 5.56 Å². The molecule has 0 radical (unpaired) electrons. The van der Waals surface area contributed by atoms with Gasteiger partial charge in [-0.2, -0.15) is 5.10 Å². The first-order chi connectivity index (χ1) is 21.4. The van der Waals surface area contributed by atoms with Crippen LogP contribution in [0.4, 0.5) is 0 Å². The Bertz CT molecular complexity index is 2140. The van der Waals surface area contributed by atoms with E-state index >= 15 is 0 Å². The van der Waals surface area contributed by atoms with Gasteiger partial charge in [-0.15, -0.1) is 0 Å². The lowest BCUT2D eigenvalue weighted by Crippen LogP contribution is -2.01. The van der Waals surface area contributed by atoms with Gasteiger partial charge in [0.2, 0.25) is 0 Å². The van der Waals surface area contributed by atoms with E-state index in [0.29, 0.717) is 12.0 Å². The highest BCUT2D eigenvalue weighted by atomic mass is 16.5. The zero-order valence-electron chi connectivity index (χ0n) is 25.9. The monoisotopic (exact) mass is 563 g/mol. The fourth-order valence-electron chi connectivity index (χ4n) is 6.11. The molecule has 0 bridgehead atoms. The quantitative estimate of drug-likeness (QED) is 0.194. The van der Waals surface area contributed by atoms with Crippen molar-refractivity contribution in [3.8, 4) is 34.1 Å². The minimum absolute atomic E-state index is 0.481. The van der Waals surface area contributed by atoms with Crippen molar-refractivity contribution in [1.82, 2.24) is 19.3 Å². The molecule has 0 aliphatic carbocycles. The predicted molar refractivity (Wildman–Crippen MR) is 176 cm³/mol. The summed E-state index contributed by atoms with van der Waals surface area (Å²) in [5.41, 5.74) is 8.57. The van der Waals surface area contributed by atoms with Crippen molar-refractivity contribution in [3.63, 3.8) is 0 Å². The molecule has 7 rings (SSSR count). The molecule has 3 heterocycles. The minimum Gasteiger partial charge on any atom is -0.457 e. The molecule has 0 aliphatic heterocycles. The fraction of sp³-hybridized carbons (Fsp3) is 0.158. The van der Waals surface area contributed by atoms with E-state index in [1.54, 1.807) is 0 Å². The van der Waals surface area contributed by atoms with Crippen LogP contribution in [0.2, 0.25) is 0 Å². The molecule has 43 heavy (non-hydrogen) atoms. The zero-order chi connectivity index (χ0) is 30.4. The Morgan fingerprint density at radius 3 is 2.44 bits per heavy atom. The summed E-state index contributed by atoms with van der Waals surface area (Å²) in [5, 5.41) is 6.96. The van der Waals surface area contributed by atoms with Gasteiger partial charge in [0.25, 0.3) is 0 Å². The normalized spacial score (nSPS) is 11.9. The molecule has 212 valence electrons. The smallest absolute Gasteiger partial charge is 0.137 e. The van der Waals surface area contributed by atoms with Gasteiger partial charge in [0, 0.05) is 40.4 Å². The Morgan fingerprint density at radius 2 is 1.60 bits per heavy atom. The highest BCUT2D eigenvalue weighted by molar-refractivity contribution is 6.09. The third kappa shape index (κ3) is 4.97. The summed E-state index contributed by atoms with van der Waals surface area (Å²) in [4.78, 5) is 4.78. The number of ether oxygens (including phenoxy) is 1. The number of nitrogens with zero attached hydrogens (tertiary/aromatic N) is 4. The van der Waals surface area contributed by atoms with Crippen molar-refractivity contribution < 1.29 is 6.11 Å². The molecule has 0 spiro atoms. The molecule has 4 aromatic carbocycles. The Kier molecular flexibility index (Phi) is 6.48. The highest BCUT2D eigenvalue weighted by Gasteiger charge is 2.17. The minimum atomic E-state index is 0.481. The molecule has 0 amide bonds. The van der Waals surface area contributed by atoms with Gasteiger partial charge >= 0.3 is 0 Å². The van der Waals surface area contributed by atoms with Gasteiger partial charge < -0.3 is 4.74 Å². The number of pyridine rings is 1. The molecule has 0 atom stereocenters. The van der Waals surface area contributed by atoms with Gasteiger partial charge in [0.05, 0.1) is 23.8 Å². The second-order valence-electron chi connectivity index (χ2n) is 11.5. The number of aromatic nitrogens is 4. The van der Waals surface area contributed by atoms with E-state index in [4.69, 9.17) is 16.2 Å². The summed E-state index contributed by atoms with van der Waals surface area (Å²) >= 11 is 0. The summed E-state index contributed by atoms with van der Waals surface area (Å²) in [6, 6.07) is 35.1. The summed E-state index contributed by atoms with van der Waals surface area (Å²) in [5.74, 6) is 2.86. The van der Waals surface area contributed by atoms with Crippen LogP contribution in [-0.4, -0.2) is 19.3 Å². The van der Waals surface area contributed by atoms with E-state index in [-0.39, 0.29) is 0 Å². The molecular weight excluding hydrogens is 528 g/mol. The molecule has 0 unspecified atom stereocenters. The predicted octanol–water partition coefficient (Wildman–Crippen LogP) is 9.64. The fourth-order valence-corrected chi connectivity index (χ4v) is 6.11. The van der Waals surface area contributed by atoms with Gasteiger partial charge in [-0.3, -0.25) is 4.57 Å². The lowest BCUT2D eigenvalue weighted by molar-refractivity contribution is 0.483. The van der Waals surface area contributed by atoms with Gasteiger partial charge in [-0.25, -0.2) is 9.67 Å². The Balaban J connectivity index is 1.29. The van der Waals surface area contributed by atoms with Crippen LogP contribution in [0.5, 0.6) is 11.5 Å². The SMILES string of the molecule is [2H]c1ccc2c(c1)c1ccc(Oc3cccc(-n4nc(C)c(-c5ccccc5)c4C)c3)cc1n2-c1cc(CC(C)C)ccn1. The average molecular weight is 564 g/mol. The number of hydrogen-bond donors (Lipinski definition) is 0. The lowest BCUT2D eigenvalue weighted by Gasteiger charge is -2.12. The third-order valence-electron chi connectivity index (χ3n) is 7.92. The maximum Gasteiger partial charge on any atom is 0.137 e. The molecule has 0 saturated heterocycles. The van der Waals surface area contributed by atoms with Crippen LogP contribution in [-0.2, 0) is 6.42 Å². The molecule has 7 aromatic rings.